The highest BCUT2D eigenvalue weighted by molar-refractivity contribution is 5.71. The first kappa shape index (κ1) is 15.8. The van der Waals surface area contributed by atoms with Gasteiger partial charge in [0.2, 0.25) is 0 Å². The molecule has 110 valence electrons. The Kier molecular flexibility index (Phi) is 5.83. The molecule has 0 spiro atoms. The van der Waals surface area contributed by atoms with Crippen LogP contribution in [0.25, 0.3) is 0 Å². The SMILES string of the molecule is Cc1ccc(COC(=O)N(C)CCN(C)C(N)=O)cc1. The molecule has 0 saturated heterocycles. The number of nitrogens with two attached hydrogens (primary N) is 1. The molecular weight excluding hydrogens is 258 g/mol. The standard InChI is InChI=1S/C14H21N3O3/c1-11-4-6-12(7-5-11)10-20-14(19)17(3)9-8-16(2)13(15)18/h4-7H,8-10H2,1-3H3,(H2,15,18). The number of nitrogens with zero attached hydrogens (tertiary/aromatic N) is 2. The van der Waals surface area contributed by atoms with Crippen LogP contribution in [0.15, 0.2) is 24.3 Å². The molecule has 3 amide bonds. The third-order valence-corrected chi connectivity index (χ3v) is 2.94. The summed E-state index contributed by atoms with van der Waals surface area (Å²) in [6.07, 6.45) is -0.427. The molecule has 1 aromatic carbocycles. The highest BCUT2D eigenvalue weighted by Crippen LogP contribution is 2.05. The van der Waals surface area contributed by atoms with Gasteiger partial charge in [-0.2, -0.15) is 0 Å². The summed E-state index contributed by atoms with van der Waals surface area (Å²) in [7, 11) is 3.19. The van der Waals surface area contributed by atoms with Crippen molar-refractivity contribution in [3.8, 4) is 0 Å². The van der Waals surface area contributed by atoms with Crippen molar-refractivity contribution in [3.63, 3.8) is 0 Å². The number of rotatable bonds is 5. The molecule has 0 aliphatic carbocycles. The molecule has 0 heterocycles. The molecule has 1 aromatic rings. The Bertz CT molecular complexity index is 459. The van der Waals surface area contributed by atoms with Gasteiger partial charge in [-0.3, -0.25) is 0 Å². The van der Waals surface area contributed by atoms with Crippen LogP contribution >= 0.6 is 0 Å². The van der Waals surface area contributed by atoms with E-state index in [1.807, 2.05) is 31.2 Å². The van der Waals surface area contributed by atoms with Crippen LogP contribution in [0.1, 0.15) is 11.1 Å². The van der Waals surface area contributed by atoms with Crippen molar-refractivity contribution < 1.29 is 14.3 Å². The van der Waals surface area contributed by atoms with Crippen LogP contribution in [0.3, 0.4) is 0 Å². The summed E-state index contributed by atoms with van der Waals surface area (Å²) in [5, 5.41) is 0. The number of hydrogen-bond donors (Lipinski definition) is 1. The summed E-state index contributed by atoms with van der Waals surface area (Å²) in [4.78, 5) is 25.3. The Hall–Kier alpha value is -2.24. The lowest BCUT2D eigenvalue weighted by Gasteiger charge is -2.20. The van der Waals surface area contributed by atoms with E-state index in [4.69, 9.17) is 10.5 Å². The van der Waals surface area contributed by atoms with Crippen LogP contribution < -0.4 is 5.73 Å². The molecule has 0 saturated carbocycles. The maximum atomic E-state index is 11.7. The summed E-state index contributed by atoms with van der Waals surface area (Å²) in [5.74, 6) is 0. The fourth-order valence-corrected chi connectivity index (χ4v) is 1.44. The Morgan fingerprint density at radius 3 is 2.20 bits per heavy atom. The number of carbonyl (C=O) groups is 2. The zero-order chi connectivity index (χ0) is 15.1. The van der Waals surface area contributed by atoms with Crippen LogP contribution in [-0.2, 0) is 11.3 Å². The minimum Gasteiger partial charge on any atom is -0.445 e. The number of likely N-dealkylation sites (N-methyl/N-ethyl adjacent to an activating group) is 2. The molecule has 0 atom stereocenters. The van der Waals surface area contributed by atoms with Crippen LogP contribution in [0, 0.1) is 6.92 Å². The van der Waals surface area contributed by atoms with E-state index >= 15 is 0 Å². The maximum Gasteiger partial charge on any atom is 0.409 e. The van der Waals surface area contributed by atoms with E-state index in [0.717, 1.165) is 11.1 Å². The van der Waals surface area contributed by atoms with E-state index in [1.165, 1.54) is 9.80 Å². The van der Waals surface area contributed by atoms with Gasteiger partial charge in [0.25, 0.3) is 0 Å². The number of urea groups is 1. The minimum atomic E-state index is -0.522. The third kappa shape index (κ3) is 5.17. The molecule has 0 aromatic heterocycles. The van der Waals surface area contributed by atoms with Gasteiger partial charge in [-0.05, 0) is 12.5 Å². The van der Waals surface area contributed by atoms with Crippen molar-refractivity contribution in [1.29, 1.82) is 0 Å². The Balaban J connectivity index is 2.34. The number of hydrogen-bond acceptors (Lipinski definition) is 3. The van der Waals surface area contributed by atoms with Gasteiger partial charge >= 0.3 is 12.1 Å². The second-order valence-corrected chi connectivity index (χ2v) is 4.72. The number of benzene rings is 1. The fraction of sp³-hybridized carbons (Fsp3) is 0.429. The fourth-order valence-electron chi connectivity index (χ4n) is 1.44. The number of carbonyl (C=O) groups excluding carboxylic acids is 2. The topological polar surface area (TPSA) is 75.9 Å². The highest BCUT2D eigenvalue weighted by Gasteiger charge is 2.12. The first-order chi connectivity index (χ1) is 9.40. The molecule has 0 aliphatic rings. The van der Waals surface area contributed by atoms with E-state index in [2.05, 4.69) is 0 Å². The van der Waals surface area contributed by atoms with E-state index in [0.29, 0.717) is 13.1 Å². The molecule has 0 fully saturated rings. The van der Waals surface area contributed by atoms with Crippen molar-refractivity contribution in [2.45, 2.75) is 13.5 Å². The molecule has 6 heteroatoms. The zero-order valence-electron chi connectivity index (χ0n) is 12.1. The normalized spacial score (nSPS) is 9.95. The lowest BCUT2D eigenvalue weighted by Crippen LogP contribution is -2.39. The number of aryl methyl sites for hydroxylation is 1. The summed E-state index contributed by atoms with van der Waals surface area (Å²) in [5.41, 5.74) is 7.19. The monoisotopic (exact) mass is 279 g/mol. The Morgan fingerprint density at radius 2 is 1.65 bits per heavy atom. The molecule has 20 heavy (non-hydrogen) atoms. The Labute approximate surface area is 119 Å². The van der Waals surface area contributed by atoms with E-state index in [9.17, 15) is 9.59 Å². The highest BCUT2D eigenvalue weighted by atomic mass is 16.6. The van der Waals surface area contributed by atoms with Crippen molar-refractivity contribution in [2.75, 3.05) is 27.2 Å². The van der Waals surface area contributed by atoms with Gasteiger partial charge in [0, 0.05) is 27.2 Å². The first-order valence-corrected chi connectivity index (χ1v) is 6.34. The van der Waals surface area contributed by atoms with Gasteiger partial charge in [-0.15, -0.1) is 0 Å². The van der Waals surface area contributed by atoms with E-state index in [-0.39, 0.29) is 6.61 Å². The van der Waals surface area contributed by atoms with Gasteiger partial charge in [-0.1, -0.05) is 29.8 Å². The lowest BCUT2D eigenvalue weighted by molar-refractivity contribution is 0.102. The van der Waals surface area contributed by atoms with Crippen LogP contribution in [-0.4, -0.2) is 49.1 Å². The first-order valence-electron chi connectivity index (χ1n) is 6.34. The second-order valence-electron chi connectivity index (χ2n) is 4.72. The van der Waals surface area contributed by atoms with E-state index in [1.54, 1.807) is 14.1 Å². The summed E-state index contributed by atoms with van der Waals surface area (Å²) < 4.78 is 5.17. The Morgan fingerprint density at radius 1 is 1.10 bits per heavy atom. The molecule has 0 bridgehead atoms. The van der Waals surface area contributed by atoms with Crippen LogP contribution in [0.4, 0.5) is 9.59 Å². The molecular formula is C14H21N3O3. The number of amides is 3. The molecule has 6 nitrogen and oxygen atoms in total. The summed E-state index contributed by atoms with van der Waals surface area (Å²) >= 11 is 0. The van der Waals surface area contributed by atoms with Gasteiger partial charge in [0.15, 0.2) is 0 Å². The maximum absolute atomic E-state index is 11.7. The zero-order valence-corrected chi connectivity index (χ0v) is 12.1. The number of primary amides is 1. The predicted molar refractivity (Wildman–Crippen MR) is 76.2 cm³/mol. The average molecular weight is 279 g/mol. The largest absolute Gasteiger partial charge is 0.445 e. The van der Waals surface area contributed by atoms with Gasteiger partial charge in [-0.25, -0.2) is 9.59 Å². The van der Waals surface area contributed by atoms with Crippen molar-refractivity contribution in [3.05, 3.63) is 35.4 Å². The summed E-state index contributed by atoms with van der Waals surface area (Å²) in [6.45, 7) is 2.96. The molecule has 0 unspecified atom stereocenters. The molecule has 2 N–H and O–H groups in total. The van der Waals surface area contributed by atoms with Crippen molar-refractivity contribution in [1.82, 2.24) is 9.80 Å². The average Bonchev–Trinajstić information content (AvgIpc) is 2.43. The number of ether oxygens (including phenoxy) is 1. The van der Waals surface area contributed by atoms with Gasteiger partial charge < -0.3 is 20.3 Å². The second kappa shape index (κ2) is 7.37. The molecule has 0 aliphatic heterocycles. The van der Waals surface area contributed by atoms with Gasteiger partial charge in [0.1, 0.15) is 6.61 Å². The lowest BCUT2D eigenvalue weighted by atomic mass is 10.2. The molecule has 1 rings (SSSR count). The molecule has 0 radical (unpaired) electrons. The van der Waals surface area contributed by atoms with Crippen LogP contribution in [0.5, 0.6) is 0 Å². The van der Waals surface area contributed by atoms with E-state index < -0.39 is 12.1 Å². The summed E-state index contributed by atoms with van der Waals surface area (Å²) in [6, 6.07) is 7.25. The van der Waals surface area contributed by atoms with Gasteiger partial charge in [0.05, 0.1) is 0 Å². The third-order valence-electron chi connectivity index (χ3n) is 2.94. The quantitative estimate of drug-likeness (QED) is 0.889. The van der Waals surface area contributed by atoms with Crippen LogP contribution in [0.2, 0.25) is 0 Å². The van der Waals surface area contributed by atoms with Crippen molar-refractivity contribution >= 4 is 12.1 Å². The minimum absolute atomic E-state index is 0.231. The van der Waals surface area contributed by atoms with Crippen molar-refractivity contribution in [2.24, 2.45) is 5.73 Å². The predicted octanol–water partition coefficient (Wildman–Crippen LogP) is 1.57. The smallest absolute Gasteiger partial charge is 0.409 e.